The van der Waals surface area contributed by atoms with Crippen LogP contribution in [0.2, 0.25) is 0 Å². The van der Waals surface area contributed by atoms with Gasteiger partial charge in [-0.05, 0) is 54.7 Å². The van der Waals surface area contributed by atoms with Crippen molar-refractivity contribution in [3.8, 4) is 5.75 Å². The largest absolute Gasteiger partial charge is 0.490 e. The molecule has 1 unspecified atom stereocenters. The molecule has 0 aliphatic heterocycles. The van der Waals surface area contributed by atoms with Gasteiger partial charge in [0.1, 0.15) is 17.4 Å². The van der Waals surface area contributed by atoms with Gasteiger partial charge in [-0.25, -0.2) is 8.78 Å². The fraction of sp³-hybridized carbons (Fsp3) is 0.294. The Morgan fingerprint density at radius 3 is 2.48 bits per heavy atom. The van der Waals surface area contributed by atoms with Gasteiger partial charge in [-0.2, -0.15) is 0 Å². The van der Waals surface area contributed by atoms with Crippen LogP contribution in [0.3, 0.4) is 0 Å². The maximum Gasteiger partial charge on any atom is 0.126 e. The SMILES string of the molecule is NC(Cc1cc(F)cc(F)c1)c1cccc(OC2CC2)c1. The standard InChI is InChI=1S/C17H17F2NO/c18-13-6-11(7-14(19)10-13)8-17(20)12-2-1-3-16(9-12)21-15-4-5-15/h1-3,6-7,9-10,15,17H,4-5,8,20H2. The fourth-order valence-electron chi connectivity index (χ4n) is 2.30. The van der Waals surface area contributed by atoms with Crippen LogP contribution < -0.4 is 10.5 Å². The van der Waals surface area contributed by atoms with Gasteiger partial charge in [0.15, 0.2) is 0 Å². The van der Waals surface area contributed by atoms with Gasteiger partial charge in [-0.3, -0.25) is 0 Å². The molecule has 0 bridgehead atoms. The van der Waals surface area contributed by atoms with Crippen LogP contribution in [0.4, 0.5) is 8.78 Å². The van der Waals surface area contributed by atoms with E-state index in [9.17, 15) is 8.78 Å². The highest BCUT2D eigenvalue weighted by Gasteiger charge is 2.23. The molecule has 1 aliphatic rings. The number of hydrogen-bond acceptors (Lipinski definition) is 2. The summed E-state index contributed by atoms with van der Waals surface area (Å²) in [5, 5.41) is 0. The Kier molecular flexibility index (Phi) is 3.88. The van der Waals surface area contributed by atoms with Crippen molar-refractivity contribution in [2.24, 2.45) is 5.73 Å². The molecular weight excluding hydrogens is 272 g/mol. The lowest BCUT2D eigenvalue weighted by Gasteiger charge is -2.14. The maximum atomic E-state index is 13.2. The van der Waals surface area contributed by atoms with E-state index in [0.29, 0.717) is 18.1 Å². The van der Waals surface area contributed by atoms with Crippen LogP contribution >= 0.6 is 0 Å². The van der Waals surface area contributed by atoms with Crippen LogP contribution in [-0.2, 0) is 6.42 Å². The third kappa shape index (κ3) is 3.79. The van der Waals surface area contributed by atoms with E-state index in [2.05, 4.69) is 0 Å². The molecular formula is C17H17F2NO. The van der Waals surface area contributed by atoms with E-state index in [-0.39, 0.29) is 6.04 Å². The van der Waals surface area contributed by atoms with E-state index in [4.69, 9.17) is 10.5 Å². The zero-order chi connectivity index (χ0) is 14.8. The lowest BCUT2D eigenvalue weighted by atomic mass is 9.99. The Morgan fingerprint density at radius 1 is 1.10 bits per heavy atom. The lowest BCUT2D eigenvalue weighted by Crippen LogP contribution is -2.14. The Hall–Kier alpha value is -1.94. The zero-order valence-electron chi connectivity index (χ0n) is 11.6. The van der Waals surface area contributed by atoms with Crippen molar-refractivity contribution in [2.45, 2.75) is 31.4 Å². The molecule has 110 valence electrons. The lowest BCUT2D eigenvalue weighted by molar-refractivity contribution is 0.302. The van der Waals surface area contributed by atoms with Crippen molar-refractivity contribution in [3.05, 3.63) is 65.2 Å². The third-order valence-electron chi connectivity index (χ3n) is 3.49. The van der Waals surface area contributed by atoms with Crippen LogP contribution in [0.1, 0.15) is 30.0 Å². The predicted octanol–water partition coefficient (Wildman–Crippen LogP) is 3.75. The smallest absolute Gasteiger partial charge is 0.126 e. The number of benzene rings is 2. The van der Waals surface area contributed by atoms with Crippen LogP contribution in [0.5, 0.6) is 5.75 Å². The Labute approximate surface area is 122 Å². The number of rotatable bonds is 5. The van der Waals surface area contributed by atoms with E-state index in [0.717, 1.165) is 30.2 Å². The Bertz CT molecular complexity index is 620. The number of hydrogen-bond donors (Lipinski definition) is 1. The van der Waals surface area contributed by atoms with Gasteiger partial charge in [0.05, 0.1) is 6.10 Å². The molecule has 0 spiro atoms. The minimum Gasteiger partial charge on any atom is -0.490 e. The number of ether oxygens (including phenoxy) is 1. The highest BCUT2D eigenvalue weighted by molar-refractivity contribution is 5.32. The minimum atomic E-state index is -0.581. The van der Waals surface area contributed by atoms with Gasteiger partial charge in [0.25, 0.3) is 0 Å². The van der Waals surface area contributed by atoms with Crippen molar-refractivity contribution >= 4 is 0 Å². The van der Waals surface area contributed by atoms with E-state index in [1.165, 1.54) is 12.1 Å². The van der Waals surface area contributed by atoms with Crippen LogP contribution in [-0.4, -0.2) is 6.10 Å². The van der Waals surface area contributed by atoms with Crippen LogP contribution in [0.25, 0.3) is 0 Å². The van der Waals surface area contributed by atoms with Crippen LogP contribution in [0.15, 0.2) is 42.5 Å². The molecule has 0 saturated heterocycles. The highest BCUT2D eigenvalue weighted by Crippen LogP contribution is 2.28. The van der Waals surface area contributed by atoms with E-state index >= 15 is 0 Å². The molecule has 2 nitrogen and oxygen atoms in total. The molecule has 1 saturated carbocycles. The quantitative estimate of drug-likeness (QED) is 0.910. The van der Waals surface area contributed by atoms with Gasteiger partial charge in [-0.15, -0.1) is 0 Å². The average Bonchev–Trinajstić information content (AvgIpc) is 3.21. The normalized spacial score (nSPS) is 15.8. The highest BCUT2D eigenvalue weighted by atomic mass is 19.1. The van der Waals surface area contributed by atoms with Crippen molar-refractivity contribution in [3.63, 3.8) is 0 Å². The molecule has 21 heavy (non-hydrogen) atoms. The molecule has 1 atom stereocenters. The average molecular weight is 289 g/mol. The van der Waals surface area contributed by atoms with E-state index in [1.807, 2.05) is 24.3 Å². The van der Waals surface area contributed by atoms with Crippen molar-refractivity contribution < 1.29 is 13.5 Å². The van der Waals surface area contributed by atoms with Gasteiger partial charge >= 0.3 is 0 Å². The maximum absolute atomic E-state index is 13.2. The van der Waals surface area contributed by atoms with Gasteiger partial charge in [0, 0.05) is 12.1 Å². The summed E-state index contributed by atoms with van der Waals surface area (Å²) >= 11 is 0. The first kappa shape index (κ1) is 14.0. The summed E-state index contributed by atoms with van der Waals surface area (Å²) in [6.07, 6.45) is 2.90. The molecule has 4 heteroatoms. The third-order valence-corrected chi connectivity index (χ3v) is 3.49. The second kappa shape index (κ2) is 5.82. The van der Waals surface area contributed by atoms with Gasteiger partial charge < -0.3 is 10.5 Å². The fourth-order valence-corrected chi connectivity index (χ4v) is 2.30. The van der Waals surface area contributed by atoms with Crippen molar-refractivity contribution in [1.29, 1.82) is 0 Å². The number of nitrogens with two attached hydrogens (primary N) is 1. The molecule has 0 amide bonds. The van der Waals surface area contributed by atoms with Gasteiger partial charge in [0.2, 0.25) is 0 Å². The summed E-state index contributed by atoms with van der Waals surface area (Å²) in [6, 6.07) is 10.8. The molecule has 0 heterocycles. The van der Waals surface area contributed by atoms with E-state index < -0.39 is 11.6 Å². The molecule has 2 aromatic rings. The molecule has 0 aromatic heterocycles. The monoisotopic (exact) mass is 289 g/mol. The van der Waals surface area contributed by atoms with Crippen LogP contribution in [0, 0.1) is 11.6 Å². The summed E-state index contributed by atoms with van der Waals surface area (Å²) in [4.78, 5) is 0. The predicted molar refractivity (Wildman–Crippen MR) is 77.1 cm³/mol. The molecule has 0 radical (unpaired) electrons. The Morgan fingerprint density at radius 2 is 1.81 bits per heavy atom. The summed E-state index contributed by atoms with van der Waals surface area (Å²) in [6.45, 7) is 0. The molecule has 1 fully saturated rings. The zero-order valence-corrected chi connectivity index (χ0v) is 11.6. The second-order valence-corrected chi connectivity index (χ2v) is 5.48. The minimum absolute atomic E-state index is 0.325. The topological polar surface area (TPSA) is 35.2 Å². The first-order valence-electron chi connectivity index (χ1n) is 7.07. The summed E-state index contributed by atoms with van der Waals surface area (Å²) in [7, 11) is 0. The second-order valence-electron chi connectivity index (χ2n) is 5.48. The number of halogens is 2. The van der Waals surface area contributed by atoms with E-state index in [1.54, 1.807) is 0 Å². The summed E-state index contributed by atoms with van der Waals surface area (Å²) in [5.74, 6) is -0.359. The van der Waals surface area contributed by atoms with Gasteiger partial charge in [-0.1, -0.05) is 12.1 Å². The summed E-state index contributed by atoms with van der Waals surface area (Å²) in [5.41, 5.74) is 7.59. The van der Waals surface area contributed by atoms with Crippen molar-refractivity contribution in [2.75, 3.05) is 0 Å². The molecule has 3 rings (SSSR count). The molecule has 2 N–H and O–H groups in total. The first-order valence-corrected chi connectivity index (χ1v) is 7.07. The molecule has 1 aliphatic carbocycles. The Balaban J connectivity index is 1.73. The molecule has 2 aromatic carbocycles. The van der Waals surface area contributed by atoms with Crippen molar-refractivity contribution in [1.82, 2.24) is 0 Å². The summed E-state index contributed by atoms with van der Waals surface area (Å²) < 4.78 is 32.1. The first-order chi connectivity index (χ1) is 10.1.